The van der Waals surface area contributed by atoms with Gasteiger partial charge in [0.05, 0.1) is 12.2 Å². The molecule has 144 valence electrons. The Morgan fingerprint density at radius 3 is 2.41 bits per heavy atom. The van der Waals surface area contributed by atoms with E-state index in [1.165, 1.54) is 0 Å². The number of hydrogen-bond acceptors (Lipinski definition) is 3. The molecule has 0 aliphatic rings. The molecular formula is C19H20F3N3O2. The molecule has 0 fully saturated rings. The van der Waals surface area contributed by atoms with Gasteiger partial charge in [0.25, 0.3) is 0 Å². The van der Waals surface area contributed by atoms with Gasteiger partial charge in [-0.2, -0.15) is 0 Å². The molecule has 0 aliphatic carbocycles. The molecule has 0 aromatic heterocycles. The average molecular weight is 379 g/mol. The van der Waals surface area contributed by atoms with Crippen LogP contribution in [0, 0.1) is 31.3 Å². The summed E-state index contributed by atoms with van der Waals surface area (Å²) in [5.74, 6) is -5.75. The normalized spacial score (nSPS) is 11.6. The van der Waals surface area contributed by atoms with Crippen LogP contribution in [0.5, 0.6) is 0 Å². The first-order valence-corrected chi connectivity index (χ1v) is 8.24. The molecule has 0 saturated carbocycles. The number of benzene rings is 2. The number of rotatable bonds is 6. The van der Waals surface area contributed by atoms with Crippen molar-refractivity contribution >= 4 is 23.2 Å². The minimum Gasteiger partial charge on any atom is -0.374 e. The van der Waals surface area contributed by atoms with E-state index in [4.69, 9.17) is 0 Å². The second-order valence-corrected chi connectivity index (χ2v) is 6.10. The fourth-order valence-corrected chi connectivity index (χ4v) is 2.34. The van der Waals surface area contributed by atoms with Crippen LogP contribution >= 0.6 is 0 Å². The summed E-state index contributed by atoms with van der Waals surface area (Å²) in [4.78, 5) is 23.9. The van der Waals surface area contributed by atoms with Gasteiger partial charge in [-0.3, -0.25) is 9.59 Å². The Labute approximate surface area is 155 Å². The van der Waals surface area contributed by atoms with Gasteiger partial charge >= 0.3 is 0 Å². The Hall–Kier alpha value is -3.03. The van der Waals surface area contributed by atoms with E-state index in [0.29, 0.717) is 6.07 Å². The van der Waals surface area contributed by atoms with Gasteiger partial charge < -0.3 is 16.0 Å². The lowest BCUT2D eigenvalue weighted by Crippen LogP contribution is -2.41. The number of amides is 2. The lowest BCUT2D eigenvalue weighted by molar-refractivity contribution is -0.124. The summed E-state index contributed by atoms with van der Waals surface area (Å²) in [6.45, 7) is 5.05. The molecule has 0 spiro atoms. The maximum atomic E-state index is 13.5. The summed E-state index contributed by atoms with van der Waals surface area (Å²) in [6, 6.07) is 6.62. The maximum Gasteiger partial charge on any atom is 0.243 e. The summed E-state index contributed by atoms with van der Waals surface area (Å²) in [6.07, 6.45) is 0. The van der Waals surface area contributed by atoms with Crippen LogP contribution < -0.4 is 16.0 Å². The van der Waals surface area contributed by atoms with Crippen molar-refractivity contribution in [3.8, 4) is 0 Å². The number of aryl methyl sites for hydroxylation is 1. The predicted molar refractivity (Wildman–Crippen MR) is 97.0 cm³/mol. The van der Waals surface area contributed by atoms with Crippen LogP contribution in [0.25, 0.3) is 0 Å². The van der Waals surface area contributed by atoms with Gasteiger partial charge in [-0.05, 0) is 50.1 Å². The highest BCUT2D eigenvalue weighted by atomic mass is 19.2. The summed E-state index contributed by atoms with van der Waals surface area (Å²) in [5.41, 5.74) is 2.37. The molecule has 8 heteroatoms. The standard InChI is InChI=1S/C19H20F3N3O2/c1-10-5-4-6-14(11(10)2)24-12(3)19(27)23-9-16(26)25-15-8-7-13(20)17(21)18(15)22/h4-8,12,24H,9H2,1-3H3,(H,23,27)(H,25,26)/t12-/m0/s1. The van der Waals surface area contributed by atoms with Crippen LogP contribution in [0.3, 0.4) is 0 Å². The highest BCUT2D eigenvalue weighted by Crippen LogP contribution is 2.20. The zero-order valence-electron chi connectivity index (χ0n) is 15.1. The quantitative estimate of drug-likeness (QED) is 0.675. The predicted octanol–water partition coefficient (Wildman–Crippen LogP) is 3.28. The van der Waals surface area contributed by atoms with E-state index in [9.17, 15) is 22.8 Å². The zero-order chi connectivity index (χ0) is 20.1. The molecule has 0 unspecified atom stereocenters. The largest absolute Gasteiger partial charge is 0.374 e. The number of carbonyl (C=O) groups is 2. The third-order valence-electron chi connectivity index (χ3n) is 4.10. The van der Waals surface area contributed by atoms with E-state index in [1.54, 1.807) is 6.92 Å². The van der Waals surface area contributed by atoms with Gasteiger partial charge in [-0.1, -0.05) is 12.1 Å². The zero-order valence-corrected chi connectivity index (χ0v) is 15.1. The van der Waals surface area contributed by atoms with Gasteiger partial charge in [0, 0.05) is 5.69 Å². The molecule has 27 heavy (non-hydrogen) atoms. The molecule has 0 heterocycles. The number of anilines is 2. The lowest BCUT2D eigenvalue weighted by Gasteiger charge is -2.17. The molecule has 0 saturated heterocycles. The highest BCUT2D eigenvalue weighted by Gasteiger charge is 2.17. The minimum absolute atomic E-state index is 0.447. The molecule has 1 atom stereocenters. The smallest absolute Gasteiger partial charge is 0.243 e. The van der Waals surface area contributed by atoms with Crippen LogP contribution in [0.2, 0.25) is 0 Å². The molecule has 2 aromatic carbocycles. The van der Waals surface area contributed by atoms with Crippen molar-refractivity contribution in [3.63, 3.8) is 0 Å². The Morgan fingerprint density at radius 1 is 1.00 bits per heavy atom. The lowest BCUT2D eigenvalue weighted by atomic mass is 10.1. The Balaban J connectivity index is 1.90. The van der Waals surface area contributed by atoms with Crippen molar-refractivity contribution in [2.75, 3.05) is 17.2 Å². The van der Waals surface area contributed by atoms with Gasteiger partial charge in [0.2, 0.25) is 11.8 Å². The number of hydrogen-bond donors (Lipinski definition) is 3. The highest BCUT2D eigenvalue weighted by molar-refractivity contribution is 5.95. The number of carbonyl (C=O) groups excluding carboxylic acids is 2. The van der Waals surface area contributed by atoms with Gasteiger partial charge in [0.15, 0.2) is 17.5 Å². The second kappa shape index (κ2) is 8.57. The first kappa shape index (κ1) is 20.3. The molecule has 0 bridgehead atoms. The molecule has 5 nitrogen and oxygen atoms in total. The van der Waals surface area contributed by atoms with Crippen molar-refractivity contribution < 1.29 is 22.8 Å². The van der Waals surface area contributed by atoms with E-state index in [1.807, 2.05) is 32.0 Å². The third kappa shape index (κ3) is 4.99. The minimum atomic E-state index is -1.68. The summed E-state index contributed by atoms with van der Waals surface area (Å²) in [7, 11) is 0. The van der Waals surface area contributed by atoms with Crippen molar-refractivity contribution in [3.05, 3.63) is 58.9 Å². The molecule has 0 aliphatic heterocycles. The van der Waals surface area contributed by atoms with Gasteiger partial charge in [0.1, 0.15) is 6.04 Å². The number of nitrogens with one attached hydrogen (secondary N) is 3. The first-order chi connectivity index (χ1) is 12.7. The monoisotopic (exact) mass is 379 g/mol. The van der Waals surface area contributed by atoms with E-state index in [2.05, 4.69) is 16.0 Å². The Kier molecular flexibility index (Phi) is 6.44. The Morgan fingerprint density at radius 2 is 1.70 bits per heavy atom. The maximum absolute atomic E-state index is 13.5. The molecular weight excluding hydrogens is 359 g/mol. The molecule has 2 rings (SSSR count). The van der Waals surface area contributed by atoms with Crippen LogP contribution in [0.1, 0.15) is 18.1 Å². The fourth-order valence-electron chi connectivity index (χ4n) is 2.34. The van der Waals surface area contributed by atoms with E-state index in [0.717, 1.165) is 22.9 Å². The Bertz CT molecular complexity index is 872. The fraction of sp³-hybridized carbons (Fsp3) is 0.263. The van der Waals surface area contributed by atoms with Crippen LogP contribution in [-0.4, -0.2) is 24.4 Å². The van der Waals surface area contributed by atoms with E-state index >= 15 is 0 Å². The van der Waals surface area contributed by atoms with Crippen molar-refractivity contribution in [1.82, 2.24) is 5.32 Å². The number of halogens is 3. The van der Waals surface area contributed by atoms with Crippen molar-refractivity contribution in [2.24, 2.45) is 0 Å². The van der Waals surface area contributed by atoms with Gasteiger partial charge in [-0.15, -0.1) is 0 Å². The van der Waals surface area contributed by atoms with Crippen LogP contribution in [0.15, 0.2) is 30.3 Å². The van der Waals surface area contributed by atoms with Crippen molar-refractivity contribution in [1.29, 1.82) is 0 Å². The van der Waals surface area contributed by atoms with Crippen LogP contribution in [0.4, 0.5) is 24.5 Å². The molecule has 0 radical (unpaired) electrons. The third-order valence-corrected chi connectivity index (χ3v) is 4.10. The average Bonchev–Trinajstić information content (AvgIpc) is 2.64. The summed E-state index contributed by atoms with van der Waals surface area (Å²) < 4.78 is 39.6. The second-order valence-electron chi connectivity index (χ2n) is 6.10. The van der Waals surface area contributed by atoms with Crippen molar-refractivity contribution in [2.45, 2.75) is 26.8 Å². The van der Waals surface area contributed by atoms with Gasteiger partial charge in [-0.25, -0.2) is 13.2 Å². The van der Waals surface area contributed by atoms with Crippen LogP contribution in [-0.2, 0) is 9.59 Å². The van der Waals surface area contributed by atoms with E-state index in [-0.39, 0.29) is 0 Å². The molecule has 2 amide bonds. The topological polar surface area (TPSA) is 70.2 Å². The SMILES string of the molecule is Cc1cccc(N[C@@H](C)C(=O)NCC(=O)Nc2ccc(F)c(F)c2F)c1C. The first-order valence-electron chi connectivity index (χ1n) is 8.24. The molecule has 2 aromatic rings. The molecule has 3 N–H and O–H groups in total. The summed E-state index contributed by atoms with van der Waals surface area (Å²) >= 11 is 0. The van der Waals surface area contributed by atoms with E-state index < -0.39 is 47.5 Å². The summed E-state index contributed by atoms with van der Waals surface area (Å²) in [5, 5.41) is 7.53.